The second-order valence-electron chi connectivity index (χ2n) is 5.48. The molecule has 0 aliphatic rings. The highest BCUT2D eigenvalue weighted by Gasteiger charge is 2.29. The molecule has 2 rings (SSSR count). The summed E-state index contributed by atoms with van der Waals surface area (Å²) in [6, 6.07) is 3.33. The van der Waals surface area contributed by atoms with E-state index in [0.29, 0.717) is 0 Å². The molecule has 24 heavy (non-hydrogen) atoms. The van der Waals surface area contributed by atoms with Crippen LogP contribution in [0.4, 0.5) is 4.39 Å². The first-order chi connectivity index (χ1) is 11.0. The monoisotopic (exact) mass is 377 g/mol. The Morgan fingerprint density at radius 2 is 1.67 bits per heavy atom. The number of sulfone groups is 1. The van der Waals surface area contributed by atoms with Gasteiger partial charge in [0, 0.05) is 6.26 Å². The van der Waals surface area contributed by atoms with Gasteiger partial charge in [-0.2, -0.15) is 4.72 Å². The summed E-state index contributed by atoms with van der Waals surface area (Å²) >= 11 is 0. The van der Waals surface area contributed by atoms with Crippen LogP contribution >= 0.6 is 0 Å². The van der Waals surface area contributed by atoms with Gasteiger partial charge in [-0.1, -0.05) is 18.9 Å². The van der Waals surface area contributed by atoms with Gasteiger partial charge in [-0.05, 0) is 30.2 Å². The van der Waals surface area contributed by atoms with Gasteiger partial charge in [0.15, 0.2) is 0 Å². The summed E-state index contributed by atoms with van der Waals surface area (Å²) in [5.41, 5.74) is 0. The maximum Gasteiger partial charge on any atom is 0.335 e. The second kappa shape index (κ2) is 6.57. The first-order valence-electron chi connectivity index (χ1n) is 6.82. The van der Waals surface area contributed by atoms with E-state index in [1.165, 1.54) is 0 Å². The first kappa shape index (κ1) is 18.5. The lowest BCUT2D eigenvalue weighted by Gasteiger charge is -2.18. The zero-order valence-electron chi connectivity index (χ0n) is 13.1. The lowest BCUT2D eigenvalue weighted by Crippen LogP contribution is -2.32. The summed E-state index contributed by atoms with van der Waals surface area (Å²) in [5.74, 6) is -1.05. The van der Waals surface area contributed by atoms with Crippen molar-refractivity contribution < 1.29 is 25.6 Å². The number of hydrogen-bond acceptors (Lipinski definition) is 7. The summed E-state index contributed by atoms with van der Waals surface area (Å²) in [7, 11) is -7.69. The van der Waals surface area contributed by atoms with E-state index in [0.717, 1.165) is 30.5 Å². The summed E-state index contributed by atoms with van der Waals surface area (Å²) < 4.78 is 68.0. The molecule has 0 aliphatic heterocycles. The minimum Gasteiger partial charge on any atom is -0.411 e. The fraction of sp³-hybridized carbons (Fsp3) is 0.385. The SMILES string of the molecule is CC(C)[C@H](NS(=O)(=O)c1ccc(F)cc1)c1nnc(S(C)(=O)=O)o1. The molecule has 132 valence electrons. The Bertz CT molecular complexity index is 921. The van der Waals surface area contributed by atoms with Crippen molar-refractivity contribution in [3.63, 3.8) is 0 Å². The molecule has 0 unspecified atom stereocenters. The van der Waals surface area contributed by atoms with E-state index in [2.05, 4.69) is 14.9 Å². The summed E-state index contributed by atoms with van der Waals surface area (Å²) in [4.78, 5) is -0.141. The van der Waals surface area contributed by atoms with Crippen LogP contribution in [0.3, 0.4) is 0 Å². The van der Waals surface area contributed by atoms with E-state index in [9.17, 15) is 21.2 Å². The van der Waals surface area contributed by atoms with Gasteiger partial charge in [-0.25, -0.2) is 21.2 Å². The lowest BCUT2D eigenvalue weighted by atomic mass is 10.1. The van der Waals surface area contributed by atoms with Crippen LogP contribution in [0.5, 0.6) is 0 Å². The molecule has 8 nitrogen and oxygen atoms in total. The molecule has 0 radical (unpaired) electrons. The molecular weight excluding hydrogens is 361 g/mol. The van der Waals surface area contributed by atoms with E-state index in [-0.39, 0.29) is 16.7 Å². The highest BCUT2D eigenvalue weighted by Crippen LogP contribution is 2.24. The Morgan fingerprint density at radius 1 is 1.08 bits per heavy atom. The maximum atomic E-state index is 12.9. The molecule has 0 saturated carbocycles. The zero-order valence-corrected chi connectivity index (χ0v) is 14.7. The average molecular weight is 377 g/mol. The van der Waals surface area contributed by atoms with Crippen molar-refractivity contribution in [2.45, 2.75) is 30.0 Å². The van der Waals surface area contributed by atoms with Crippen molar-refractivity contribution >= 4 is 19.9 Å². The second-order valence-corrected chi connectivity index (χ2v) is 9.08. The van der Waals surface area contributed by atoms with Crippen molar-refractivity contribution in [2.24, 2.45) is 5.92 Å². The molecule has 0 fully saturated rings. The number of aromatic nitrogens is 2. The fourth-order valence-electron chi connectivity index (χ4n) is 1.82. The standard InChI is InChI=1S/C13H16FN3O5S2/c1-8(2)11(12-15-16-13(22-12)23(3,18)19)17-24(20,21)10-6-4-9(14)5-7-10/h4-8,11,17H,1-3H3/t11-/m0/s1. The number of nitrogens with zero attached hydrogens (tertiary/aromatic N) is 2. The number of sulfonamides is 1. The van der Waals surface area contributed by atoms with E-state index in [4.69, 9.17) is 4.42 Å². The minimum atomic E-state index is -3.99. The predicted octanol–water partition coefficient (Wildman–Crippen LogP) is 1.29. The Kier molecular flexibility index (Phi) is 5.06. The van der Waals surface area contributed by atoms with E-state index < -0.39 is 36.9 Å². The van der Waals surface area contributed by atoms with Crippen LogP contribution in [0.15, 0.2) is 38.8 Å². The maximum absolute atomic E-state index is 12.9. The molecule has 0 aliphatic carbocycles. The smallest absolute Gasteiger partial charge is 0.335 e. The topological polar surface area (TPSA) is 119 Å². The molecule has 1 aromatic heterocycles. The van der Waals surface area contributed by atoms with Crippen LogP contribution in [0.2, 0.25) is 0 Å². The summed E-state index contributed by atoms with van der Waals surface area (Å²) in [6.45, 7) is 3.39. The largest absolute Gasteiger partial charge is 0.411 e. The third kappa shape index (κ3) is 4.16. The summed E-state index contributed by atoms with van der Waals surface area (Å²) in [5, 5.41) is 6.44. The van der Waals surface area contributed by atoms with Gasteiger partial charge < -0.3 is 4.42 Å². The Hall–Kier alpha value is -1.85. The number of halogens is 1. The molecule has 0 amide bonds. The molecule has 1 heterocycles. The number of nitrogens with one attached hydrogen (secondary N) is 1. The zero-order chi connectivity index (χ0) is 18.1. The lowest BCUT2D eigenvalue weighted by molar-refractivity contribution is 0.327. The fourth-order valence-corrected chi connectivity index (χ4v) is 3.58. The average Bonchev–Trinajstić information content (AvgIpc) is 2.94. The van der Waals surface area contributed by atoms with Crippen molar-refractivity contribution in [3.8, 4) is 0 Å². The van der Waals surface area contributed by atoms with Gasteiger partial charge in [-0.3, -0.25) is 0 Å². The summed E-state index contributed by atoms with van der Waals surface area (Å²) in [6.07, 6.45) is 0.900. The third-order valence-electron chi connectivity index (χ3n) is 3.08. The van der Waals surface area contributed by atoms with Gasteiger partial charge in [0.2, 0.25) is 25.8 Å². The number of hydrogen-bond donors (Lipinski definition) is 1. The van der Waals surface area contributed by atoms with Gasteiger partial charge in [0.05, 0.1) is 4.90 Å². The molecule has 2 aromatic rings. The van der Waals surface area contributed by atoms with Gasteiger partial charge in [0.1, 0.15) is 11.9 Å². The number of benzene rings is 1. The van der Waals surface area contributed by atoms with Crippen molar-refractivity contribution in [1.82, 2.24) is 14.9 Å². The molecule has 0 bridgehead atoms. The van der Waals surface area contributed by atoms with Gasteiger partial charge in [-0.15, -0.1) is 5.10 Å². The van der Waals surface area contributed by atoms with Crippen molar-refractivity contribution in [3.05, 3.63) is 36.0 Å². The number of rotatable bonds is 6. The van der Waals surface area contributed by atoms with Crippen LogP contribution in [0, 0.1) is 11.7 Å². The van der Waals surface area contributed by atoms with E-state index >= 15 is 0 Å². The minimum absolute atomic E-state index is 0.141. The normalized spacial score (nSPS) is 14.0. The molecule has 0 spiro atoms. The van der Waals surface area contributed by atoms with Crippen molar-refractivity contribution in [1.29, 1.82) is 0 Å². The Balaban J connectivity index is 2.35. The first-order valence-corrected chi connectivity index (χ1v) is 10.2. The van der Waals surface area contributed by atoms with Crippen LogP contribution < -0.4 is 4.72 Å². The van der Waals surface area contributed by atoms with Gasteiger partial charge in [0.25, 0.3) is 0 Å². The Morgan fingerprint density at radius 3 is 2.12 bits per heavy atom. The Labute approximate surface area is 139 Å². The molecule has 1 aromatic carbocycles. The molecule has 1 N–H and O–H groups in total. The van der Waals surface area contributed by atoms with Crippen LogP contribution in [-0.2, 0) is 19.9 Å². The molecule has 0 saturated heterocycles. The van der Waals surface area contributed by atoms with Crippen molar-refractivity contribution in [2.75, 3.05) is 6.26 Å². The van der Waals surface area contributed by atoms with Crippen LogP contribution in [-0.4, -0.2) is 33.3 Å². The molecule has 1 atom stereocenters. The van der Waals surface area contributed by atoms with Gasteiger partial charge >= 0.3 is 5.22 Å². The van der Waals surface area contributed by atoms with E-state index in [1.54, 1.807) is 13.8 Å². The van der Waals surface area contributed by atoms with Crippen LogP contribution in [0.25, 0.3) is 0 Å². The quantitative estimate of drug-likeness (QED) is 0.805. The molecular formula is C13H16FN3O5S2. The molecule has 11 heteroatoms. The highest BCUT2D eigenvalue weighted by atomic mass is 32.2. The van der Waals surface area contributed by atoms with E-state index in [1.807, 2.05) is 0 Å². The van der Waals surface area contributed by atoms with Crippen LogP contribution in [0.1, 0.15) is 25.8 Å². The predicted molar refractivity (Wildman–Crippen MR) is 81.7 cm³/mol. The highest BCUT2D eigenvalue weighted by molar-refractivity contribution is 7.90. The third-order valence-corrected chi connectivity index (χ3v) is 5.33.